The minimum Gasteiger partial charge on any atom is -0.421 e. The molecule has 0 amide bonds. The van der Waals surface area contributed by atoms with Crippen molar-refractivity contribution in [2.45, 2.75) is 26.2 Å². The first-order valence-corrected chi connectivity index (χ1v) is 8.44. The summed E-state index contributed by atoms with van der Waals surface area (Å²) in [5, 5.41) is 8.15. The van der Waals surface area contributed by atoms with E-state index in [1.165, 1.54) is 11.6 Å². The number of rotatable bonds is 5. The fraction of sp³-hybridized carbons (Fsp3) is 0.200. The lowest BCUT2D eigenvalue weighted by Gasteiger charge is -2.08. The molecule has 1 heterocycles. The molecule has 0 aliphatic rings. The normalized spacial score (nSPS) is 11.6. The van der Waals surface area contributed by atoms with E-state index in [1.807, 2.05) is 18.2 Å². The smallest absolute Gasteiger partial charge is 0.240 e. The van der Waals surface area contributed by atoms with E-state index >= 15 is 0 Å². The number of nitrogens with zero attached hydrogens (tertiary/aromatic N) is 2. The van der Waals surface area contributed by atoms with Gasteiger partial charge in [-0.05, 0) is 40.8 Å². The standard InChI is InChI=1S/C20H18ClFN2O/c1-13(2)16-6-4-3-5-15(16)8-10-19-23-24-20(25-19)12-14-7-9-18(22)17(21)11-14/h3-11,13H,12H2,1-2H3. The van der Waals surface area contributed by atoms with Gasteiger partial charge in [0.25, 0.3) is 0 Å². The summed E-state index contributed by atoms with van der Waals surface area (Å²) in [4.78, 5) is 0. The average Bonchev–Trinajstić information content (AvgIpc) is 3.04. The van der Waals surface area contributed by atoms with Crippen molar-refractivity contribution in [3.8, 4) is 0 Å². The predicted octanol–water partition coefficient (Wildman–Crippen LogP) is 5.75. The fourth-order valence-corrected chi connectivity index (χ4v) is 2.78. The third-order valence-corrected chi connectivity index (χ3v) is 4.13. The monoisotopic (exact) mass is 356 g/mol. The molecule has 5 heteroatoms. The zero-order chi connectivity index (χ0) is 17.8. The van der Waals surface area contributed by atoms with Crippen molar-refractivity contribution < 1.29 is 8.81 Å². The first kappa shape index (κ1) is 17.4. The molecule has 3 rings (SSSR count). The van der Waals surface area contributed by atoms with E-state index in [9.17, 15) is 4.39 Å². The topological polar surface area (TPSA) is 38.9 Å². The summed E-state index contributed by atoms with van der Waals surface area (Å²) in [5.41, 5.74) is 3.21. The summed E-state index contributed by atoms with van der Waals surface area (Å²) in [6.45, 7) is 4.32. The summed E-state index contributed by atoms with van der Waals surface area (Å²) < 4.78 is 18.8. The Bertz CT molecular complexity index is 902. The predicted molar refractivity (Wildman–Crippen MR) is 98.0 cm³/mol. The van der Waals surface area contributed by atoms with Crippen molar-refractivity contribution in [3.63, 3.8) is 0 Å². The van der Waals surface area contributed by atoms with Crippen LogP contribution in [0.3, 0.4) is 0 Å². The Kier molecular flexibility index (Phi) is 5.29. The highest BCUT2D eigenvalue weighted by atomic mass is 35.5. The highest BCUT2D eigenvalue weighted by Gasteiger charge is 2.08. The van der Waals surface area contributed by atoms with E-state index in [0.29, 0.717) is 24.1 Å². The maximum atomic E-state index is 13.2. The second kappa shape index (κ2) is 7.62. The first-order valence-electron chi connectivity index (χ1n) is 8.06. The van der Waals surface area contributed by atoms with Crippen molar-refractivity contribution in [1.82, 2.24) is 10.2 Å². The SMILES string of the molecule is CC(C)c1ccccc1C=Cc1nnc(Cc2ccc(F)c(Cl)c2)o1. The van der Waals surface area contributed by atoms with Gasteiger partial charge in [-0.15, -0.1) is 10.2 Å². The van der Waals surface area contributed by atoms with E-state index in [-0.39, 0.29) is 5.02 Å². The molecule has 0 radical (unpaired) electrons. The number of halogens is 2. The van der Waals surface area contributed by atoms with Gasteiger partial charge in [-0.2, -0.15) is 0 Å². The number of hydrogen-bond donors (Lipinski definition) is 0. The number of hydrogen-bond acceptors (Lipinski definition) is 3. The second-order valence-electron chi connectivity index (χ2n) is 6.08. The molecule has 0 unspecified atom stereocenters. The molecule has 0 spiro atoms. The zero-order valence-corrected chi connectivity index (χ0v) is 14.8. The van der Waals surface area contributed by atoms with Crippen molar-refractivity contribution >= 4 is 23.8 Å². The molecule has 0 aliphatic carbocycles. The Labute approximate surface area is 151 Å². The van der Waals surface area contributed by atoms with Crippen LogP contribution in [0.5, 0.6) is 0 Å². The van der Waals surface area contributed by atoms with E-state index in [1.54, 1.807) is 18.2 Å². The maximum absolute atomic E-state index is 13.2. The lowest BCUT2D eigenvalue weighted by atomic mass is 9.97. The highest BCUT2D eigenvalue weighted by Crippen LogP contribution is 2.22. The van der Waals surface area contributed by atoms with Crippen molar-refractivity contribution in [3.05, 3.63) is 81.8 Å². The van der Waals surface area contributed by atoms with Crippen LogP contribution in [0.4, 0.5) is 4.39 Å². The van der Waals surface area contributed by atoms with Crippen LogP contribution in [0, 0.1) is 5.82 Å². The van der Waals surface area contributed by atoms with Gasteiger partial charge in [0.1, 0.15) is 5.82 Å². The summed E-state index contributed by atoms with van der Waals surface area (Å²) in [7, 11) is 0. The zero-order valence-electron chi connectivity index (χ0n) is 14.0. The molecule has 0 N–H and O–H groups in total. The highest BCUT2D eigenvalue weighted by molar-refractivity contribution is 6.30. The van der Waals surface area contributed by atoms with Gasteiger partial charge in [-0.25, -0.2) is 4.39 Å². The van der Waals surface area contributed by atoms with Crippen molar-refractivity contribution in [2.24, 2.45) is 0 Å². The Balaban J connectivity index is 1.74. The molecule has 3 aromatic rings. The average molecular weight is 357 g/mol. The first-order chi connectivity index (χ1) is 12.0. The molecule has 25 heavy (non-hydrogen) atoms. The molecule has 1 aromatic heterocycles. The fourth-order valence-electron chi connectivity index (χ4n) is 2.58. The molecule has 128 valence electrons. The van der Waals surface area contributed by atoms with E-state index in [2.05, 4.69) is 36.2 Å². The van der Waals surface area contributed by atoms with Gasteiger partial charge in [0.05, 0.1) is 11.4 Å². The van der Waals surface area contributed by atoms with Gasteiger partial charge in [0, 0.05) is 6.08 Å². The third-order valence-electron chi connectivity index (χ3n) is 3.85. The molecular formula is C20H18ClFN2O. The van der Waals surface area contributed by atoms with Crippen LogP contribution in [-0.2, 0) is 6.42 Å². The molecule has 0 bridgehead atoms. The minimum absolute atomic E-state index is 0.0856. The van der Waals surface area contributed by atoms with Crippen LogP contribution >= 0.6 is 11.6 Å². The van der Waals surface area contributed by atoms with Crippen LogP contribution in [0.25, 0.3) is 12.2 Å². The summed E-state index contributed by atoms with van der Waals surface area (Å²) in [5.74, 6) is 0.881. The van der Waals surface area contributed by atoms with E-state index < -0.39 is 5.82 Å². The third kappa shape index (κ3) is 4.34. The molecule has 0 saturated heterocycles. The Morgan fingerprint density at radius 3 is 2.68 bits per heavy atom. The van der Waals surface area contributed by atoms with E-state index in [4.69, 9.17) is 16.0 Å². The van der Waals surface area contributed by atoms with Crippen molar-refractivity contribution in [2.75, 3.05) is 0 Å². The molecule has 0 atom stereocenters. The van der Waals surface area contributed by atoms with Crippen LogP contribution in [-0.4, -0.2) is 10.2 Å². The van der Waals surface area contributed by atoms with Gasteiger partial charge in [-0.3, -0.25) is 0 Å². The summed E-state index contributed by atoms with van der Waals surface area (Å²) in [6, 6.07) is 12.8. The molecular weight excluding hydrogens is 339 g/mol. The Hall–Kier alpha value is -2.46. The Morgan fingerprint density at radius 2 is 1.92 bits per heavy atom. The molecule has 0 saturated carbocycles. The number of aromatic nitrogens is 2. The minimum atomic E-state index is -0.441. The van der Waals surface area contributed by atoms with Crippen LogP contribution in [0.15, 0.2) is 46.9 Å². The van der Waals surface area contributed by atoms with Gasteiger partial charge >= 0.3 is 0 Å². The molecule has 0 aliphatic heterocycles. The quantitative estimate of drug-likeness (QED) is 0.584. The largest absolute Gasteiger partial charge is 0.421 e. The van der Waals surface area contributed by atoms with Crippen molar-refractivity contribution in [1.29, 1.82) is 0 Å². The van der Waals surface area contributed by atoms with E-state index in [0.717, 1.165) is 11.1 Å². The second-order valence-corrected chi connectivity index (χ2v) is 6.48. The van der Waals surface area contributed by atoms with Crippen LogP contribution in [0.1, 0.15) is 48.2 Å². The van der Waals surface area contributed by atoms with Gasteiger partial charge < -0.3 is 4.42 Å². The van der Waals surface area contributed by atoms with Gasteiger partial charge in [-0.1, -0.05) is 55.8 Å². The summed E-state index contributed by atoms with van der Waals surface area (Å²) in [6.07, 6.45) is 4.18. The van der Waals surface area contributed by atoms with Gasteiger partial charge in [0.2, 0.25) is 11.8 Å². The van der Waals surface area contributed by atoms with Crippen LogP contribution in [0.2, 0.25) is 5.02 Å². The number of benzene rings is 2. The molecule has 3 nitrogen and oxygen atoms in total. The van der Waals surface area contributed by atoms with Crippen LogP contribution < -0.4 is 0 Å². The maximum Gasteiger partial charge on any atom is 0.240 e. The van der Waals surface area contributed by atoms with Gasteiger partial charge in [0.15, 0.2) is 0 Å². The lowest BCUT2D eigenvalue weighted by Crippen LogP contribution is -1.90. The molecule has 2 aromatic carbocycles. The molecule has 0 fully saturated rings. The Morgan fingerprint density at radius 1 is 1.12 bits per heavy atom. The lowest BCUT2D eigenvalue weighted by molar-refractivity contribution is 0.496. The summed E-state index contributed by atoms with van der Waals surface area (Å²) >= 11 is 5.79.